The number of aryl methyl sites for hydroxylation is 2. The average molecular weight is 286 g/mol. The van der Waals surface area contributed by atoms with Crippen molar-refractivity contribution < 1.29 is 9.21 Å². The van der Waals surface area contributed by atoms with Gasteiger partial charge in [-0.3, -0.25) is 4.79 Å². The molecule has 4 heteroatoms. The maximum absolute atomic E-state index is 12.3. The predicted molar refractivity (Wildman–Crippen MR) is 84.7 cm³/mol. The molecule has 2 aromatic rings. The van der Waals surface area contributed by atoms with E-state index in [0.717, 1.165) is 29.3 Å². The molecular formula is C17H22N2O2. The minimum atomic E-state index is -0.0802. The van der Waals surface area contributed by atoms with Gasteiger partial charge in [0.15, 0.2) is 0 Å². The quantitative estimate of drug-likeness (QED) is 0.878. The van der Waals surface area contributed by atoms with Crippen molar-refractivity contribution in [1.29, 1.82) is 0 Å². The van der Waals surface area contributed by atoms with Gasteiger partial charge in [-0.05, 0) is 58.0 Å². The monoisotopic (exact) mass is 286 g/mol. The Bertz CT molecular complexity index is 614. The van der Waals surface area contributed by atoms with Crippen LogP contribution < -0.4 is 10.6 Å². The number of benzene rings is 1. The van der Waals surface area contributed by atoms with Crippen molar-refractivity contribution in [2.24, 2.45) is 0 Å². The Balaban J connectivity index is 2.05. The fourth-order valence-electron chi connectivity index (χ4n) is 2.38. The zero-order valence-corrected chi connectivity index (χ0v) is 13.0. The zero-order chi connectivity index (χ0) is 15.4. The molecule has 0 aliphatic heterocycles. The first-order valence-electron chi connectivity index (χ1n) is 7.23. The summed E-state index contributed by atoms with van der Waals surface area (Å²) >= 11 is 0. The van der Waals surface area contributed by atoms with Gasteiger partial charge < -0.3 is 15.1 Å². The number of carbonyl (C=O) groups excluding carboxylic acids is 1. The Kier molecular flexibility index (Phi) is 4.68. The van der Waals surface area contributed by atoms with Gasteiger partial charge in [-0.1, -0.05) is 0 Å². The molecular weight excluding hydrogens is 264 g/mol. The van der Waals surface area contributed by atoms with E-state index < -0.39 is 0 Å². The highest BCUT2D eigenvalue weighted by Gasteiger charge is 2.15. The first-order chi connectivity index (χ1) is 10.0. The minimum absolute atomic E-state index is 0.0798. The molecule has 0 saturated heterocycles. The van der Waals surface area contributed by atoms with Gasteiger partial charge in [0.1, 0.15) is 11.5 Å². The summed E-state index contributed by atoms with van der Waals surface area (Å²) in [5.74, 6) is 1.63. The van der Waals surface area contributed by atoms with Crippen molar-refractivity contribution in [3.05, 3.63) is 53.0 Å². The summed E-state index contributed by atoms with van der Waals surface area (Å²) in [6.07, 6.45) is 0. The SMILES string of the molecule is CCNc1ccc(C(=O)NC(C)c2cc(C)oc2C)cc1. The third-order valence-corrected chi connectivity index (χ3v) is 3.42. The smallest absolute Gasteiger partial charge is 0.251 e. The Labute approximate surface area is 125 Å². The maximum atomic E-state index is 12.3. The van der Waals surface area contributed by atoms with E-state index in [4.69, 9.17) is 4.42 Å². The lowest BCUT2D eigenvalue weighted by Gasteiger charge is -2.13. The molecule has 0 aliphatic rings. The van der Waals surface area contributed by atoms with Crippen LogP contribution in [-0.4, -0.2) is 12.5 Å². The van der Waals surface area contributed by atoms with Gasteiger partial charge in [-0.25, -0.2) is 0 Å². The lowest BCUT2D eigenvalue weighted by atomic mass is 10.1. The Morgan fingerprint density at radius 3 is 2.43 bits per heavy atom. The second-order valence-corrected chi connectivity index (χ2v) is 5.17. The van der Waals surface area contributed by atoms with Gasteiger partial charge in [-0.15, -0.1) is 0 Å². The summed E-state index contributed by atoms with van der Waals surface area (Å²) in [4.78, 5) is 12.3. The van der Waals surface area contributed by atoms with Crippen molar-refractivity contribution >= 4 is 11.6 Å². The van der Waals surface area contributed by atoms with Crippen molar-refractivity contribution in [2.75, 3.05) is 11.9 Å². The number of carbonyl (C=O) groups is 1. The predicted octanol–water partition coefficient (Wildman–Crippen LogP) is 3.82. The average Bonchev–Trinajstić information content (AvgIpc) is 2.79. The summed E-state index contributed by atoms with van der Waals surface area (Å²) < 4.78 is 5.51. The normalized spacial score (nSPS) is 12.0. The molecule has 21 heavy (non-hydrogen) atoms. The van der Waals surface area contributed by atoms with Crippen molar-refractivity contribution in [3.8, 4) is 0 Å². The summed E-state index contributed by atoms with van der Waals surface area (Å²) in [6, 6.07) is 9.37. The maximum Gasteiger partial charge on any atom is 0.251 e. The molecule has 1 atom stereocenters. The van der Waals surface area contributed by atoms with Crippen LogP contribution in [0.15, 0.2) is 34.7 Å². The number of rotatable bonds is 5. The molecule has 0 radical (unpaired) electrons. The van der Waals surface area contributed by atoms with E-state index in [9.17, 15) is 4.79 Å². The molecule has 0 fully saturated rings. The molecule has 0 saturated carbocycles. The lowest BCUT2D eigenvalue weighted by molar-refractivity contribution is 0.0940. The fraction of sp³-hybridized carbons (Fsp3) is 0.353. The second kappa shape index (κ2) is 6.48. The van der Waals surface area contributed by atoms with Gasteiger partial charge in [-0.2, -0.15) is 0 Å². The Morgan fingerprint density at radius 1 is 1.24 bits per heavy atom. The summed E-state index contributed by atoms with van der Waals surface area (Å²) in [7, 11) is 0. The first-order valence-corrected chi connectivity index (χ1v) is 7.23. The minimum Gasteiger partial charge on any atom is -0.466 e. The van der Waals surface area contributed by atoms with Gasteiger partial charge in [0, 0.05) is 23.4 Å². The molecule has 0 bridgehead atoms. The van der Waals surface area contributed by atoms with Crippen LogP contribution in [-0.2, 0) is 0 Å². The molecule has 1 aromatic heterocycles. The number of furan rings is 1. The van der Waals surface area contributed by atoms with E-state index >= 15 is 0 Å². The van der Waals surface area contributed by atoms with Gasteiger partial charge >= 0.3 is 0 Å². The summed E-state index contributed by atoms with van der Waals surface area (Å²) in [6.45, 7) is 8.68. The van der Waals surface area contributed by atoms with E-state index in [1.54, 1.807) is 0 Å². The van der Waals surface area contributed by atoms with E-state index in [2.05, 4.69) is 10.6 Å². The van der Waals surface area contributed by atoms with Crippen molar-refractivity contribution in [1.82, 2.24) is 5.32 Å². The topological polar surface area (TPSA) is 54.3 Å². The van der Waals surface area contributed by atoms with Crippen LogP contribution in [0, 0.1) is 13.8 Å². The third kappa shape index (κ3) is 3.66. The van der Waals surface area contributed by atoms with Crippen LogP contribution in [0.5, 0.6) is 0 Å². The van der Waals surface area contributed by atoms with Crippen LogP contribution in [0.3, 0.4) is 0 Å². The van der Waals surface area contributed by atoms with Crippen LogP contribution in [0.2, 0.25) is 0 Å². The van der Waals surface area contributed by atoms with Gasteiger partial charge in [0.05, 0.1) is 6.04 Å². The first kappa shape index (κ1) is 15.2. The lowest BCUT2D eigenvalue weighted by Crippen LogP contribution is -2.26. The molecule has 1 heterocycles. The summed E-state index contributed by atoms with van der Waals surface area (Å²) in [5, 5.41) is 6.21. The summed E-state index contributed by atoms with van der Waals surface area (Å²) in [5.41, 5.74) is 2.69. The largest absolute Gasteiger partial charge is 0.466 e. The molecule has 2 rings (SSSR count). The molecule has 1 aromatic carbocycles. The Hall–Kier alpha value is -2.23. The van der Waals surface area contributed by atoms with E-state index in [1.807, 2.05) is 58.0 Å². The molecule has 1 amide bonds. The number of amides is 1. The molecule has 0 spiro atoms. The molecule has 1 unspecified atom stereocenters. The van der Waals surface area contributed by atoms with Gasteiger partial charge in [0.25, 0.3) is 5.91 Å². The highest BCUT2D eigenvalue weighted by atomic mass is 16.3. The van der Waals surface area contributed by atoms with E-state index in [-0.39, 0.29) is 11.9 Å². The van der Waals surface area contributed by atoms with Crippen molar-refractivity contribution in [2.45, 2.75) is 33.7 Å². The highest BCUT2D eigenvalue weighted by Crippen LogP contribution is 2.21. The zero-order valence-electron chi connectivity index (χ0n) is 13.0. The number of hydrogen-bond acceptors (Lipinski definition) is 3. The van der Waals surface area contributed by atoms with Crippen LogP contribution in [0.4, 0.5) is 5.69 Å². The Morgan fingerprint density at radius 2 is 1.90 bits per heavy atom. The van der Waals surface area contributed by atoms with Gasteiger partial charge in [0.2, 0.25) is 0 Å². The molecule has 2 N–H and O–H groups in total. The fourth-order valence-corrected chi connectivity index (χ4v) is 2.38. The van der Waals surface area contributed by atoms with E-state index in [0.29, 0.717) is 5.56 Å². The number of nitrogens with one attached hydrogen (secondary N) is 2. The second-order valence-electron chi connectivity index (χ2n) is 5.17. The number of anilines is 1. The number of hydrogen-bond donors (Lipinski definition) is 2. The molecule has 112 valence electrons. The van der Waals surface area contributed by atoms with Crippen LogP contribution in [0.25, 0.3) is 0 Å². The van der Waals surface area contributed by atoms with Crippen LogP contribution >= 0.6 is 0 Å². The van der Waals surface area contributed by atoms with E-state index in [1.165, 1.54) is 0 Å². The highest BCUT2D eigenvalue weighted by molar-refractivity contribution is 5.94. The standard InChI is InChI=1S/C17H22N2O2/c1-5-18-15-8-6-14(7-9-15)17(20)19-12(3)16-10-11(2)21-13(16)4/h6-10,12,18H,5H2,1-4H3,(H,19,20). The van der Waals surface area contributed by atoms with Crippen molar-refractivity contribution in [3.63, 3.8) is 0 Å². The third-order valence-electron chi connectivity index (χ3n) is 3.42. The molecule has 0 aliphatic carbocycles. The van der Waals surface area contributed by atoms with Crippen LogP contribution in [0.1, 0.15) is 47.3 Å². The molecule has 4 nitrogen and oxygen atoms in total.